The number of fused-ring (bicyclic) bond motifs is 1. The van der Waals surface area contributed by atoms with Gasteiger partial charge in [-0.3, -0.25) is 4.79 Å². The molecule has 0 unspecified atom stereocenters. The molecule has 4 rings (SSSR count). The van der Waals surface area contributed by atoms with Crippen LogP contribution in [0.5, 0.6) is 5.75 Å². The van der Waals surface area contributed by atoms with E-state index in [9.17, 15) is 9.18 Å². The Morgan fingerprint density at radius 1 is 1.07 bits per heavy atom. The molecule has 27 heavy (non-hydrogen) atoms. The Labute approximate surface area is 157 Å². The number of ether oxygens (including phenoxy) is 1. The molecule has 0 radical (unpaired) electrons. The second kappa shape index (κ2) is 7.35. The monoisotopic (exact) mass is 365 g/mol. The number of hydrogen-bond acceptors (Lipinski definition) is 3. The number of benzene rings is 2. The number of aromatic amines is 1. The summed E-state index contributed by atoms with van der Waals surface area (Å²) in [6.45, 7) is 1.75. The van der Waals surface area contributed by atoms with Gasteiger partial charge in [-0.2, -0.15) is 0 Å². The van der Waals surface area contributed by atoms with E-state index in [1.165, 1.54) is 18.6 Å². The van der Waals surface area contributed by atoms with E-state index in [1.807, 2.05) is 0 Å². The summed E-state index contributed by atoms with van der Waals surface area (Å²) in [6, 6.07) is 11.7. The summed E-state index contributed by atoms with van der Waals surface area (Å²) in [6.07, 6.45) is 5.08. The second-order valence-corrected chi connectivity index (χ2v) is 6.85. The molecule has 5 heteroatoms. The highest BCUT2D eigenvalue weighted by atomic mass is 19.1. The molecule has 1 fully saturated rings. The standard InChI is InChI=1S/C22H21FN2O2/c1-27-17-8-5-15(6-9-17)22(26)19-14-24-20-10-7-16(23)13-18(20)21(19)25-11-3-2-4-12-25/h5-10,13-14H,2-4,11-12H2,1H3/p+1. The lowest BCUT2D eigenvalue weighted by Crippen LogP contribution is -2.32. The zero-order valence-corrected chi connectivity index (χ0v) is 15.3. The number of ketones is 1. The Bertz CT molecular complexity index is 980. The summed E-state index contributed by atoms with van der Waals surface area (Å²) in [5, 5.41) is 0.747. The molecule has 0 amide bonds. The first-order valence-electron chi connectivity index (χ1n) is 9.25. The van der Waals surface area contributed by atoms with E-state index in [0.717, 1.165) is 42.5 Å². The van der Waals surface area contributed by atoms with Crippen LogP contribution in [0.4, 0.5) is 10.1 Å². The molecule has 2 heterocycles. The van der Waals surface area contributed by atoms with Crippen molar-refractivity contribution in [2.24, 2.45) is 0 Å². The van der Waals surface area contributed by atoms with Crippen molar-refractivity contribution in [3.8, 4) is 5.75 Å². The molecule has 138 valence electrons. The minimum Gasteiger partial charge on any atom is -0.497 e. The summed E-state index contributed by atoms with van der Waals surface area (Å²) < 4.78 is 19.2. The van der Waals surface area contributed by atoms with Crippen LogP contribution in [0.1, 0.15) is 35.2 Å². The number of halogens is 1. The molecular weight excluding hydrogens is 343 g/mol. The fraction of sp³-hybridized carbons (Fsp3) is 0.273. The molecule has 0 spiro atoms. The lowest BCUT2D eigenvalue weighted by Gasteiger charge is -2.30. The molecule has 0 saturated carbocycles. The van der Waals surface area contributed by atoms with E-state index >= 15 is 0 Å². The van der Waals surface area contributed by atoms with Crippen molar-refractivity contribution < 1.29 is 18.9 Å². The Balaban J connectivity index is 1.86. The number of H-pyrrole nitrogens is 1. The Hall–Kier alpha value is -2.95. The maximum Gasteiger partial charge on any atom is 0.213 e. The maximum atomic E-state index is 14.0. The smallest absolute Gasteiger partial charge is 0.213 e. The number of anilines is 1. The minimum absolute atomic E-state index is 0.0827. The van der Waals surface area contributed by atoms with E-state index < -0.39 is 0 Å². The molecule has 1 N–H and O–H groups in total. The fourth-order valence-electron chi connectivity index (χ4n) is 3.73. The van der Waals surface area contributed by atoms with E-state index in [4.69, 9.17) is 4.74 Å². The van der Waals surface area contributed by atoms with Crippen LogP contribution in [0.25, 0.3) is 10.9 Å². The highest BCUT2D eigenvalue weighted by Gasteiger charge is 2.25. The fourth-order valence-corrected chi connectivity index (χ4v) is 3.73. The normalized spacial score (nSPS) is 14.4. The van der Waals surface area contributed by atoms with Gasteiger partial charge in [0.25, 0.3) is 0 Å². The average molecular weight is 365 g/mol. The molecule has 1 aromatic heterocycles. The number of piperidine rings is 1. The predicted octanol–water partition coefficient (Wildman–Crippen LogP) is 4.02. The third kappa shape index (κ3) is 3.37. The van der Waals surface area contributed by atoms with Gasteiger partial charge in [0.2, 0.25) is 11.3 Å². The van der Waals surface area contributed by atoms with Gasteiger partial charge >= 0.3 is 0 Å². The molecule has 0 aliphatic carbocycles. The average Bonchev–Trinajstić information content (AvgIpc) is 2.73. The number of nitrogens with one attached hydrogen (secondary N) is 1. The Kier molecular flexibility index (Phi) is 4.75. The third-order valence-electron chi connectivity index (χ3n) is 5.13. The first-order chi connectivity index (χ1) is 13.2. The number of rotatable bonds is 4. The van der Waals surface area contributed by atoms with Crippen molar-refractivity contribution >= 4 is 22.4 Å². The Morgan fingerprint density at radius 3 is 2.52 bits per heavy atom. The van der Waals surface area contributed by atoms with Gasteiger partial charge in [0.05, 0.1) is 18.2 Å². The number of carbonyl (C=O) groups excluding carboxylic acids is 1. The zero-order valence-electron chi connectivity index (χ0n) is 15.3. The molecule has 4 nitrogen and oxygen atoms in total. The largest absolute Gasteiger partial charge is 0.497 e. The molecule has 3 aromatic rings. The number of aromatic nitrogens is 1. The van der Waals surface area contributed by atoms with Crippen LogP contribution in [-0.2, 0) is 0 Å². The third-order valence-corrected chi connectivity index (χ3v) is 5.13. The number of carbonyl (C=O) groups is 1. The number of hydrogen-bond donors (Lipinski definition) is 0. The van der Waals surface area contributed by atoms with E-state index in [1.54, 1.807) is 43.6 Å². The van der Waals surface area contributed by atoms with Gasteiger partial charge in [-0.15, -0.1) is 0 Å². The molecule has 1 aliphatic rings. The van der Waals surface area contributed by atoms with Gasteiger partial charge in [-0.1, -0.05) is 0 Å². The van der Waals surface area contributed by atoms with Crippen molar-refractivity contribution in [2.45, 2.75) is 19.3 Å². The molecule has 1 saturated heterocycles. The van der Waals surface area contributed by atoms with Crippen molar-refractivity contribution in [1.82, 2.24) is 0 Å². The first kappa shape index (κ1) is 17.5. The van der Waals surface area contributed by atoms with Crippen LogP contribution in [0.2, 0.25) is 0 Å². The van der Waals surface area contributed by atoms with Gasteiger partial charge in [-0.05, 0) is 55.7 Å². The lowest BCUT2D eigenvalue weighted by molar-refractivity contribution is -0.344. The zero-order chi connectivity index (χ0) is 18.8. The van der Waals surface area contributed by atoms with E-state index in [0.29, 0.717) is 16.9 Å². The topological polar surface area (TPSA) is 43.7 Å². The molecule has 0 bridgehead atoms. The molecule has 1 aliphatic heterocycles. The first-order valence-corrected chi connectivity index (χ1v) is 9.25. The van der Waals surface area contributed by atoms with Gasteiger partial charge < -0.3 is 9.64 Å². The Morgan fingerprint density at radius 2 is 1.81 bits per heavy atom. The summed E-state index contributed by atoms with van der Waals surface area (Å²) in [5.41, 5.74) is 2.80. The predicted molar refractivity (Wildman–Crippen MR) is 103 cm³/mol. The summed E-state index contributed by atoms with van der Waals surface area (Å²) in [7, 11) is 1.60. The van der Waals surface area contributed by atoms with Crippen LogP contribution >= 0.6 is 0 Å². The van der Waals surface area contributed by atoms with Crippen LogP contribution in [0.15, 0.2) is 48.7 Å². The van der Waals surface area contributed by atoms with Gasteiger partial charge in [0.15, 0.2) is 6.20 Å². The number of nitrogens with zero attached hydrogens (tertiary/aromatic N) is 1. The van der Waals surface area contributed by atoms with Gasteiger partial charge in [0, 0.05) is 24.7 Å². The van der Waals surface area contributed by atoms with Crippen molar-refractivity contribution in [2.75, 3.05) is 25.1 Å². The van der Waals surface area contributed by atoms with Crippen molar-refractivity contribution in [1.29, 1.82) is 0 Å². The minimum atomic E-state index is -0.303. The van der Waals surface area contributed by atoms with E-state index in [2.05, 4.69) is 9.88 Å². The van der Waals surface area contributed by atoms with Gasteiger partial charge in [-0.25, -0.2) is 9.37 Å². The second-order valence-electron chi connectivity index (χ2n) is 6.85. The number of methoxy groups -OCH3 is 1. The van der Waals surface area contributed by atoms with Crippen molar-refractivity contribution in [3.63, 3.8) is 0 Å². The number of pyridine rings is 1. The summed E-state index contributed by atoms with van der Waals surface area (Å²) in [4.78, 5) is 18.6. The highest BCUT2D eigenvalue weighted by Crippen LogP contribution is 2.32. The highest BCUT2D eigenvalue weighted by molar-refractivity contribution is 6.15. The van der Waals surface area contributed by atoms with Crippen LogP contribution < -0.4 is 14.6 Å². The van der Waals surface area contributed by atoms with Crippen LogP contribution in [0, 0.1) is 5.82 Å². The molecule has 0 atom stereocenters. The SMILES string of the molecule is COc1ccc(C(=O)c2c[nH+]c3ccc(F)cc3c2N2CCCCC2)cc1. The van der Waals surface area contributed by atoms with E-state index in [-0.39, 0.29) is 11.6 Å². The maximum absolute atomic E-state index is 14.0. The summed E-state index contributed by atoms with van der Waals surface area (Å²) >= 11 is 0. The molecular formula is C22H22FN2O2+. The van der Waals surface area contributed by atoms with Crippen LogP contribution in [-0.4, -0.2) is 26.0 Å². The van der Waals surface area contributed by atoms with Gasteiger partial charge in [0.1, 0.15) is 17.1 Å². The quantitative estimate of drug-likeness (QED) is 0.656. The molecule has 2 aromatic carbocycles. The van der Waals surface area contributed by atoms with Crippen molar-refractivity contribution in [3.05, 3.63) is 65.6 Å². The summed E-state index contributed by atoms with van der Waals surface area (Å²) in [5.74, 6) is 0.318. The lowest BCUT2D eigenvalue weighted by atomic mass is 9.98. The van der Waals surface area contributed by atoms with Crippen LogP contribution in [0.3, 0.4) is 0 Å².